The SMILES string of the molecule is CS(=O)(=O)Nc1ccc(-c2nc(Cc3ccc(Cl)cc3)no2)cc1. The second-order valence-corrected chi connectivity index (χ2v) is 7.46. The van der Waals surface area contributed by atoms with E-state index in [4.69, 9.17) is 16.1 Å². The predicted molar refractivity (Wildman–Crippen MR) is 92.5 cm³/mol. The Bertz CT molecular complexity index is 935. The molecule has 0 fully saturated rings. The van der Waals surface area contributed by atoms with Gasteiger partial charge in [-0.25, -0.2) is 8.42 Å². The molecule has 0 unspecified atom stereocenters. The minimum absolute atomic E-state index is 0.380. The second kappa shape index (κ2) is 6.62. The molecule has 0 radical (unpaired) electrons. The van der Waals surface area contributed by atoms with Crippen LogP contribution in [0.1, 0.15) is 11.4 Å². The van der Waals surface area contributed by atoms with Crippen molar-refractivity contribution in [2.75, 3.05) is 11.0 Å². The number of hydrogen-bond donors (Lipinski definition) is 1. The van der Waals surface area contributed by atoms with Crippen molar-refractivity contribution in [3.8, 4) is 11.5 Å². The summed E-state index contributed by atoms with van der Waals surface area (Å²) < 4.78 is 30.0. The number of nitrogens with one attached hydrogen (secondary N) is 1. The zero-order valence-corrected chi connectivity index (χ0v) is 14.3. The monoisotopic (exact) mass is 363 g/mol. The lowest BCUT2D eigenvalue weighted by Gasteiger charge is -2.03. The fourth-order valence-corrected chi connectivity index (χ4v) is 2.81. The Morgan fingerprint density at radius 3 is 2.38 bits per heavy atom. The van der Waals surface area contributed by atoms with Crippen LogP contribution in [-0.2, 0) is 16.4 Å². The van der Waals surface area contributed by atoms with Gasteiger partial charge in [0.05, 0.1) is 6.26 Å². The average molecular weight is 364 g/mol. The molecule has 8 heteroatoms. The highest BCUT2D eigenvalue weighted by Crippen LogP contribution is 2.21. The quantitative estimate of drug-likeness (QED) is 0.751. The Balaban J connectivity index is 1.74. The first-order valence-corrected chi connectivity index (χ1v) is 9.31. The maximum Gasteiger partial charge on any atom is 0.257 e. The van der Waals surface area contributed by atoms with Crippen LogP contribution in [0.5, 0.6) is 0 Å². The van der Waals surface area contributed by atoms with Gasteiger partial charge < -0.3 is 4.52 Å². The minimum Gasteiger partial charge on any atom is -0.334 e. The van der Waals surface area contributed by atoms with Gasteiger partial charge >= 0.3 is 0 Å². The molecule has 0 aliphatic carbocycles. The molecule has 0 saturated heterocycles. The number of sulfonamides is 1. The Morgan fingerprint density at radius 2 is 1.75 bits per heavy atom. The lowest BCUT2D eigenvalue weighted by Crippen LogP contribution is -2.09. The van der Waals surface area contributed by atoms with Crippen molar-refractivity contribution in [1.82, 2.24) is 10.1 Å². The summed E-state index contributed by atoms with van der Waals surface area (Å²) in [6, 6.07) is 14.1. The number of benzene rings is 2. The lowest BCUT2D eigenvalue weighted by molar-refractivity contribution is 0.424. The van der Waals surface area contributed by atoms with E-state index in [0.29, 0.717) is 34.4 Å². The molecule has 0 atom stereocenters. The summed E-state index contributed by atoms with van der Waals surface area (Å²) in [6.07, 6.45) is 1.64. The van der Waals surface area contributed by atoms with Gasteiger partial charge in [0.1, 0.15) is 0 Å². The number of anilines is 1. The van der Waals surface area contributed by atoms with E-state index in [1.807, 2.05) is 24.3 Å². The van der Waals surface area contributed by atoms with Gasteiger partial charge in [0.15, 0.2) is 5.82 Å². The van der Waals surface area contributed by atoms with Gasteiger partial charge in [-0.1, -0.05) is 28.9 Å². The van der Waals surface area contributed by atoms with Crippen LogP contribution in [0.2, 0.25) is 5.02 Å². The first kappa shape index (κ1) is 16.5. The van der Waals surface area contributed by atoms with Crippen LogP contribution in [0.4, 0.5) is 5.69 Å². The molecule has 0 aliphatic rings. The molecule has 1 N–H and O–H groups in total. The minimum atomic E-state index is -3.30. The molecule has 3 rings (SSSR count). The summed E-state index contributed by atoms with van der Waals surface area (Å²) in [5.74, 6) is 0.940. The zero-order valence-electron chi connectivity index (χ0n) is 12.7. The maximum atomic E-state index is 11.2. The van der Waals surface area contributed by atoms with E-state index < -0.39 is 10.0 Å². The van der Waals surface area contributed by atoms with Crippen LogP contribution in [0.15, 0.2) is 53.1 Å². The molecule has 1 heterocycles. The highest BCUT2D eigenvalue weighted by atomic mass is 35.5. The topological polar surface area (TPSA) is 85.1 Å². The molecule has 0 aliphatic heterocycles. The molecule has 0 spiro atoms. The average Bonchev–Trinajstić information content (AvgIpc) is 2.97. The van der Waals surface area contributed by atoms with Gasteiger partial charge in [0.2, 0.25) is 10.0 Å². The Morgan fingerprint density at radius 1 is 1.08 bits per heavy atom. The molecule has 0 saturated carbocycles. The molecular weight excluding hydrogens is 350 g/mol. The largest absolute Gasteiger partial charge is 0.334 e. The van der Waals surface area contributed by atoms with Crippen LogP contribution in [0.3, 0.4) is 0 Å². The van der Waals surface area contributed by atoms with Crippen LogP contribution in [-0.4, -0.2) is 24.8 Å². The summed E-state index contributed by atoms with van der Waals surface area (Å²) in [4.78, 5) is 4.35. The maximum absolute atomic E-state index is 11.2. The van der Waals surface area contributed by atoms with E-state index in [-0.39, 0.29) is 0 Å². The standard InChI is InChI=1S/C16H14ClN3O3S/c1-24(21,22)20-14-8-4-12(5-9-14)16-18-15(19-23-16)10-11-2-6-13(17)7-3-11/h2-9,20H,10H2,1H3. The summed E-state index contributed by atoms with van der Waals surface area (Å²) in [6.45, 7) is 0. The van der Waals surface area contributed by atoms with Crippen molar-refractivity contribution in [2.24, 2.45) is 0 Å². The summed E-state index contributed by atoms with van der Waals surface area (Å²) in [5.41, 5.74) is 2.21. The second-order valence-electron chi connectivity index (χ2n) is 5.27. The zero-order chi connectivity index (χ0) is 17.2. The first-order chi connectivity index (χ1) is 11.4. The van der Waals surface area contributed by atoms with Gasteiger partial charge in [0, 0.05) is 22.7 Å². The number of halogens is 1. The predicted octanol–water partition coefficient (Wildman–Crippen LogP) is 3.35. The van der Waals surface area contributed by atoms with Crippen LogP contribution >= 0.6 is 11.6 Å². The number of rotatable bonds is 5. The third-order valence-electron chi connectivity index (χ3n) is 3.18. The van der Waals surface area contributed by atoms with Crippen molar-refractivity contribution < 1.29 is 12.9 Å². The van der Waals surface area contributed by atoms with Crippen molar-refractivity contribution in [3.05, 3.63) is 64.9 Å². The fourth-order valence-electron chi connectivity index (χ4n) is 2.12. The van der Waals surface area contributed by atoms with Gasteiger partial charge in [-0.05, 0) is 42.0 Å². The molecule has 24 heavy (non-hydrogen) atoms. The highest BCUT2D eigenvalue weighted by Gasteiger charge is 2.10. The van der Waals surface area contributed by atoms with E-state index >= 15 is 0 Å². The van der Waals surface area contributed by atoms with Crippen LogP contribution < -0.4 is 4.72 Å². The van der Waals surface area contributed by atoms with Gasteiger partial charge in [-0.3, -0.25) is 4.72 Å². The van der Waals surface area contributed by atoms with E-state index in [1.165, 1.54) is 0 Å². The fraction of sp³-hybridized carbons (Fsp3) is 0.125. The van der Waals surface area contributed by atoms with Crippen molar-refractivity contribution in [1.29, 1.82) is 0 Å². The van der Waals surface area contributed by atoms with Crippen molar-refractivity contribution >= 4 is 27.3 Å². The van der Waals surface area contributed by atoms with Gasteiger partial charge in [0.25, 0.3) is 5.89 Å². The molecule has 3 aromatic rings. The number of hydrogen-bond acceptors (Lipinski definition) is 5. The molecule has 2 aromatic carbocycles. The van der Waals surface area contributed by atoms with Crippen molar-refractivity contribution in [3.63, 3.8) is 0 Å². The van der Waals surface area contributed by atoms with Crippen LogP contribution in [0, 0.1) is 0 Å². The number of nitrogens with zero attached hydrogens (tertiary/aromatic N) is 2. The number of aromatic nitrogens is 2. The van der Waals surface area contributed by atoms with Crippen molar-refractivity contribution in [2.45, 2.75) is 6.42 Å². The van der Waals surface area contributed by atoms with Gasteiger partial charge in [-0.15, -0.1) is 0 Å². The van der Waals surface area contributed by atoms with E-state index in [1.54, 1.807) is 24.3 Å². The van der Waals surface area contributed by atoms with E-state index in [0.717, 1.165) is 11.8 Å². The first-order valence-electron chi connectivity index (χ1n) is 7.04. The molecule has 6 nitrogen and oxygen atoms in total. The normalized spacial score (nSPS) is 11.4. The third kappa shape index (κ3) is 4.33. The summed E-state index contributed by atoms with van der Waals surface area (Å²) in [7, 11) is -3.30. The molecule has 0 bridgehead atoms. The summed E-state index contributed by atoms with van der Waals surface area (Å²) >= 11 is 5.86. The van der Waals surface area contributed by atoms with E-state index in [9.17, 15) is 8.42 Å². The molecule has 124 valence electrons. The smallest absolute Gasteiger partial charge is 0.257 e. The third-order valence-corrected chi connectivity index (χ3v) is 4.04. The Kier molecular flexibility index (Phi) is 4.55. The molecule has 0 amide bonds. The molecular formula is C16H14ClN3O3S. The Hall–Kier alpha value is -2.38. The Labute approximate surface area is 144 Å². The lowest BCUT2D eigenvalue weighted by atomic mass is 10.1. The van der Waals surface area contributed by atoms with E-state index in [2.05, 4.69) is 14.9 Å². The highest BCUT2D eigenvalue weighted by molar-refractivity contribution is 7.92. The van der Waals surface area contributed by atoms with Gasteiger partial charge in [-0.2, -0.15) is 4.98 Å². The molecule has 1 aromatic heterocycles. The summed E-state index contributed by atoms with van der Waals surface area (Å²) in [5, 5.41) is 4.64. The van der Waals surface area contributed by atoms with Crippen LogP contribution in [0.25, 0.3) is 11.5 Å².